The third kappa shape index (κ3) is 5.60. The number of ether oxygens (including phenoxy) is 1. The number of alkyl carbamates (subject to hydrolysis) is 1. The van der Waals surface area contributed by atoms with Crippen LogP contribution in [0.15, 0.2) is 60.7 Å². The van der Waals surface area contributed by atoms with Crippen LogP contribution in [0.25, 0.3) is 0 Å². The van der Waals surface area contributed by atoms with Crippen LogP contribution in [-0.4, -0.2) is 29.6 Å². The van der Waals surface area contributed by atoms with E-state index in [0.717, 1.165) is 18.5 Å². The third-order valence-electron chi connectivity index (χ3n) is 6.47. The van der Waals surface area contributed by atoms with Gasteiger partial charge >= 0.3 is 6.09 Å². The minimum atomic E-state index is -0.310. The van der Waals surface area contributed by atoms with Gasteiger partial charge in [-0.1, -0.05) is 67.1 Å². The Morgan fingerprint density at radius 1 is 0.931 bits per heavy atom. The Morgan fingerprint density at radius 2 is 1.55 bits per heavy atom. The summed E-state index contributed by atoms with van der Waals surface area (Å²) in [7, 11) is 0. The van der Waals surface area contributed by atoms with Crippen LogP contribution < -0.4 is 5.32 Å². The zero-order chi connectivity index (χ0) is 19.9. The van der Waals surface area contributed by atoms with Crippen molar-refractivity contribution in [1.82, 2.24) is 10.2 Å². The lowest BCUT2D eigenvalue weighted by Gasteiger charge is -2.49. The third-order valence-corrected chi connectivity index (χ3v) is 6.47. The Morgan fingerprint density at radius 3 is 2.21 bits per heavy atom. The summed E-state index contributed by atoms with van der Waals surface area (Å²) in [4.78, 5) is 14.7. The number of nitrogens with one attached hydrogen (secondary N) is 1. The molecule has 2 heterocycles. The molecule has 2 aromatic rings. The molecule has 0 radical (unpaired) electrons. The monoisotopic (exact) mass is 392 g/mol. The molecule has 29 heavy (non-hydrogen) atoms. The molecule has 2 unspecified atom stereocenters. The van der Waals surface area contributed by atoms with Gasteiger partial charge in [-0.25, -0.2) is 4.79 Å². The average molecular weight is 393 g/mol. The molecule has 4 nitrogen and oxygen atoms in total. The molecule has 1 N–H and O–H groups in total. The van der Waals surface area contributed by atoms with Gasteiger partial charge in [-0.15, -0.1) is 0 Å². The van der Waals surface area contributed by atoms with Crippen LogP contribution in [0.5, 0.6) is 0 Å². The highest BCUT2D eigenvalue weighted by atomic mass is 16.5. The molecule has 0 aromatic heterocycles. The first kappa shape index (κ1) is 20.0. The van der Waals surface area contributed by atoms with Gasteiger partial charge in [0.05, 0.1) is 0 Å². The maximum absolute atomic E-state index is 12.0. The first-order valence-corrected chi connectivity index (χ1v) is 11.0. The molecular weight excluding hydrogens is 360 g/mol. The van der Waals surface area contributed by atoms with E-state index >= 15 is 0 Å². The van der Waals surface area contributed by atoms with Gasteiger partial charge in [-0.3, -0.25) is 4.90 Å². The van der Waals surface area contributed by atoms with Crippen molar-refractivity contribution in [3.63, 3.8) is 0 Å². The number of hydrogen-bond acceptors (Lipinski definition) is 3. The number of amides is 1. The highest BCUT2D eigenvalue weighted by molar-refractivity contribution is 5.67. The highest BCUT2D eigenvalue weighted by Crippen LogP contribution is 2.39. The van der Waals surface area contributed by atoms with E-state index < -0.39 is 0 Å². The molecule has 2 bridgehead atoms. The van der Waals surface area contributed by atoms with Crippen LogP contribution in [0.3, 0.4) is 0 Å². The highest BCUT2D eigenvalue weighted by Gasteiger charge is 2.37. The van der Waals surface area contributed by atoms with E-state index in [1.807, 2.05) is 30.3 Å². The Labute approximate surface area is 174 Å². The van der Waals surface area contributed by atoms with Gasteiger partial charge in [-0.05, 0) is 49.1 Å². The minimum Gasteiger partial charge on any atom is -0.445 e. The lowest BCUT2D eigenvalue weighted by molar-refractivity contribution is 0.00505. The van der Waals surface area contributed by atoms with Crippen LogP contribution in [-0.2, 0) is 17.9 Å². The van der Waals surface area contributed by atoms with Crippen LogP contribution in [0, 0.1) is 5.92 Å². The number of piperidine rings is 2. The van der Waals surface area contributed by atoms with E-state index in [-0.39, 0.29) is 6.09 Å². The molecule has 2 fully saturated rings. The van der Waals surface area contributed by atoms with Crippen molar-refractivity contribution in [3.8, 4) is 0 Å². The second-order valence-electron chi connectivity index (χ2n) is 8.51. The summed E-state index contributed by atoms with van der Waals surface area (Å²) in [5, 5.41) is 2.94. The Kier molecular flexibility index (Phi) is 6.83. The van der Waals surface area contributed by atoms with Gasteiger partial charge in [0.15, 0.2) is 0 Å². The fourth-order valence-electron chi connectivity index (χ4n) is 5.03. The first-order valence-electron chi connectivity index (χ1n) is 11.0. The summed E-state index contributed by atoms with van der Waals surface area (Å²) in [5.41, 5.74) is 2.44. The van der Waals surface area contributed by atoms with Crippen LogP contribution in [0.1, 0.15) is 49.7 Å². The molecule has 0 saturated carbocycles. The summed E-state index contributed by atoms with van der Waals surface area (Å²) in [6, 6.07) is 22.1. The van der Waals surface area contributed by atoms with E-state index in [4.69, 9.17) is 4.74 Å². The second-order valence-corrected chi connectivity index (χ2v) is 8.51. The standard InChI is InChI=1S/C25H32N2O2/c28-25(29-19-21-10-5-2-6-11-21)26-15-14-22-16-23-12-7-13-24(17-22)27(23)18-20-8-3-1-4-9-20/h1-6,8-11,22-24H,7,12-19H2,(H,26,28). The Bertz CT molecular complexity index is 751. The van der Waals surface area contributed by atoms with Crippen molar-refractivity contribution in [3.05, 3.63) is 71.8 Å². The number of rotatable bonds is 7. The lowest BCUT2D eigenvalue weighted by atomic mass is 9.77. The van der Waals surface area contributed by atoms with Crippen LogP contribution >= 0.6 is 0 Å². The van der Waals surface area contributed by atoms with E-state index in [2.05, 4.69) is 40.5 Å². The SMILES string of the molecule is O=C(NCCC1CC2CCCC(C1)N2Cc1ccccc1)OCc1ccccc1. The van der Waals surface area contributed by atoms with Crippen molar-refractivity contribution in [2.45, 2.75) is 63.8 Å². The van der Waals surface area contributed by atoms with Crippen molar-refractivity contribution in [2.75, 3.05) is 6.54 Å². The number of carbonyl (C=O) groups is 1. The molecule has 2 aromatic carbocycles. The molecule has 2 atom stereocenters. The van der Waals surface area contributed by atoms with Crippen molar-refractivity contribution < 1.29 is 9.53 Å². The van der Waals surface area contributed by atoms with Crippen molar-refractivity contribution in [1.29, 1.82) is 0 Å². The molecule has 4 rings (SSSR count). The molecule has 2 aliphatic rings. The van der Waals surface area contributed by atoms with Gasteiger partial charge in [0, 0.05) is 25.2 Å². The molecule has 4 heteroatoms. The quantitative estimate of drug-likeness (QED) is 0.710. The number of carbonyl (C=O) groups excluding carboxylic acids is 1. The maximum Gasteiger partial charge on any atom is 0.407 e. The topological polar surface area (TPSA) is 41.6 Å². The lowest BCUT2D eigenvalue weighted by Crippen LogP contribution is -2.51. The van der Waals surface area contributed by atoms with Crippen LogP contribution in [0.2, 0.25) is 0 Å². The zero-order valence-electron chi connectivity index (χ0n) is 17.1. The molecule has 154 valence electrons. The largest absolute Gasteiger partial charge is 0.445 e. The van der Waals surface area contributed by atoms with E-state index in [1.54, 1.807) is 0 Å². The predicted octanol–water partition coefficient (Wildman–Crippen LogP) is 5.14. The first-order chi connectivity index (χ1) is 14.3. The zero-order valence-corrected chi connectivity index (χ0v) is 17.1. The molecule has 2 aliphatic heterocycles. The summed E-state index contributed by atoms with van der Waals surface area (Å²) in [6.45, 7) is 2.11. The summed E-state index contributed by atoms with van der Waals surface area (Å²) < 4.78 is 5.32. The average Bonchev–Trinajstić information content (AvgIpc) is 2.74. The predicted molar refractivity (Wildman–Crippen MR) is 115 cm³/mol. The summed E-state index contributed by atoms with van der Waals surface area (Å²) in [6.07, 6.45) is 7.23. The maximum atomic E-state index is 12.0. The number of fused-ring (bicyclic) bond motifs is 2. The fraction of sp³-hybridized carbons (Fsp3) is 0.480. The van der Waals surface area contributed by atoms with Gasteiger partial charge < -0.3 is 10.1 Å². The fourth-order valence-corrected chi connectivity index (χ4v) is 5.03. The molecule has 0 spiro atoms. The Hall–Kier alpha value is -2.33. The minimum absolute atomic E-state index is 0.310. The van der Waals surface area contributed by atoms with E-state index in [0.29, 0.717) is 31.2 Å². The van der Waals surface area contributed by atoms with Gasteiger partial charge in [0.2, 0.25) is 0 Å². The van der Waals surface area contributed by atoms with Gasteiger partial charge in [0.25, 0.3) is 0 Å². The van der Waals surface area contributed by atoms with E-state index in [1.165, 1.54) is 37.7 Å². The van der Waals surface area contributed by atoms with E-state index in [9.17, 15) is 4.79 Å². The van der Waals surface area contributed by atoms with Crippen LogP contribution in [0.4, 0.5) is 4.79 Å². The normalized spacial score (nSPS) is 24.1. The van der Waals surface area contributed by atoms with Gasteiger partial charge in [0.1, 0.15) is 6.61 Å². The molecular formula is C25H32N2O2. The summed E-state index contributed by atoms with van der Waals surface area (Å²) in [5.74, 6) is 0.701. The summed E-state index contributed by atoms with van der Waals surface area (Å²) >= 11 is 0. The molecule has 0 aliphatic carbocycles. The van der Waals surface area contributed by atoms with Crippen molar-refractivity contribution >= 4 is 6.09 Å². The van der Waals surface area contributed by atoms with Crippen molar-refractivity contribution in [2.24, 2.45) is 5.92 Å². The Balaban J connectivity index is 1.20. The van der Waals surface area contributed by atoms with Gasteiger partial charge in [-0.2, -0.15) is 0 Å². The second kappa shape index (κ2) is 9.93. The number of hydrogen-bond donors (Lipinski definition) is 1. The smallest absolute Gasteiger partial charge is 0.407 e. The number of nitrogens with zero attached hydrogens (tertiary/aromatic N) is 1. The molecule has 1 amide bonds. The molecule has 2 saturated heterocycles. The number of benzene rings is 2.